The van der Waals surface area contributed by atoms with E-state index in [1.54, 1.807) is 0 Å². The van der Waals surface area contributed by atoms with Crippen LogP contribution < -0.4 is 0 Å². The fraction of sp³-hybridized carbons (Fsp3) is 0.714. The van der Waals surface area contributed by atoms with E-state index in [0.717, 1.165) is 32.1 Å². The highest BCUT2D eigenvalue weighted by Gasteiger charge is 2.00. The molecule has 0 bridgehead atoms. The summed E-state index contributed by atoms with van der Waals surface area (Å²) in [5.41, 5.74) is 2.59. The Labute approximate surface area is 99.7 Å². The fourth-order valence-corrected chi connectivity index (χ4v) is 1.50. The fourth-order valence-electron chi connectivity index (χ4n) is 1.50. The van der Waals surface area contributed by atoms with Gasteiger partial charge >= 0.3 is 0 Å². The second kappa shape index (κ2) is 9.61. The first kappa shape index (κ1) is 15.4. The lowest BCUT2D eigenvalue weighted by molar-refractivity contribution is 0.160. The SMILES string of the molecule is CC[C@H](O)CCC(C)=CCCC(C)=CCO. The maximum atomic E-state index is 9.43. The van der Waals surface area contributed by atoms with Crippen molar-refractivity contribution in [2.24, 2.45) is 0 Å². The molecule has 1 atom stereocenters. The molecule has 94 valence electrons. The molecule has 0 aliphatic heterocycles. The Bertz CT molecular complexity index is 229. The van der Waals surface area contributed by atoms with Crippen molar-refractivity contribution in [1.82, 2.24) is 0 Å². The number of hydrogen-bond acceptors (Lipinski definition) is 2. The molecule has 2 nitrogen and oxygen atoms in total. The summed E-state index contributed by atoms with van der Waals surface area (Å²) in [7, 11) is 0. The van der Waals surface area contributed by atoms with Crippen LogP contribution in [0.5, 0.6) is 0 Å². The van der Waals surface area contributed by atoms with E-state index in [9.17, 15) is 5.11 Å². The Morgan fingerprint density at radius 2 is 1.75 bits per heavy atom. The monoisotopic (exact) mass is 226 g/mol. The Balaban J connectivity index is 3.74. The number of aliphatic hydroxyl groups is 2. The Hall–Kier alpha value is -0.600. The molecule has 16 heavy (non-hydrogen) atoms. The van der Waals surface area contributed by atoms with Gasteiger partial charge in [-0.25, -0.2) is 0 Å². The smallest absolute Gasteiger partial charge is 0.0614 e. The summed E-state index contributed by atoms with van der Waals surface area (Å²) in [4.78, 5) is 0. The molecule has 0 rings (SSSR count). The average molecular weight is 226 g/mol. The highest BCUT2D eigenvalue weighted by atomic mass is 16.3. The molecule has 0 heterocycles. The second-order valence-electron chi connectivity index (χ2n) is 4.42. The lowest BCUT2D eigenvalue weighted by atomic mass is 10.0. The summed E-state index contributed by atoms with van der Waals surface area (Å²) in [6.07, 6.45) is 8.65. The first-order valence-electron chi connectivity index (χ1n) is 6.20. The lowest BCUT2D eigenvalue weighted by Crippen LogP contribution is -2.03. The summed E-state index contributed by atoms with van der Waals surface area (Å²) >= 11 is 0. The van der Waals surface area contributed by atoms with Crippen LogP contribution in [-0.2, 0) is 0 Å². The van der Waals surface area contributed by atoms with Crippen molar-refractivity contribution in [1.29, 1.82) is 0 Å². The second-order valence-corrected chi connectivity index (χ2v) is 4.42. The van der Waals surface area contributed by atoms with Gasteiger partial charge in [0.1, 0.15) is 0 Å². The molecule has 0 spiro atoms. The molecule has 0 unspecified atom stereocenters. The Kier molecular flexibility index (Phi) is 9.25. The number of aliphatic hydroxyl groups excluding tert-OH is 2. The van der Waals surface area contributed by atoms with E-state index in [1.807, 2.05) is 19.9 Å². The molecule has 2 heteroatoms. The van der Waals surface area contributed by atoms with E-state index >= 15 is 0 Å². The van der Waals surface area contributed by atoms with Crippen molar-refractivity contribution < 1.29 is 10.2 Å². The molecular weight excluding hydrogens is 200 g/mol. The van der Waals surface area contributed by atoms with Crippen molar-refractivity contribution >= 4 is 0 Å². The van der Waals surface area contributed by atoms with Crippen molar-refractivity contribution in [2.45, 2.75) is 59.0 Å². The molecule has 0 aromatic heterocycles. The highest BCUT2D eigenvalue weighted by molar-refractivity contribution is 5.03. The molecule has 0 fully saturated rings. The number of rotatable bonds is 8. The molecule has 0 amide bonds. The standard InChI is InChI=1S/C14H26O2/c1-4-14(16)9-8-12(2)6-5-7-13(3)10-11-15/h6,10,14-16H,4-5,7-9,11H2,1-3H3/t14-/m0/s1. The first-order valence-corrected chi connectivity index (χ1v) is 6.20. The van der Waals surface area contributed by atoms with E-state index < -0.39 is 0 Å². The van der Waals surface area contributed by atoms with Crippen LogP contribution in [0, 0.1) is 0 Å². The summed E-state index contributed by atoms with van der Waals surface area (Å²) in [6.45, 7) is 6.30. The lowest BCUT2D eigenvalue weighted by Gasteiger charge is -2.07. The van der Waals surface area contributed by atoms with Gasteiger partial charge in [-0.05, 0) is 46.0 Å². The van der Waals surface area contributed by atoms with Gasteiger partial charge in [-0.15, -0.1) is 0 Å². The van der Waals surface area contributed by atoms with Crippen molar-refractivity contribution in [3.63, 3.8) is 0 Å². The molecule has 0 saturated carbocycles. The molecule has 0 aliphatic rings. The summed E-state index contributed by atoms with van der Waals surface area (Å²) in [5.74, 6) is 0. The Morgan fingerprint density at radius 3 is 2.31 bits per heavy atom. The molecule has 0 aliphatic carbocycles. The largest absolute Gasteiger partial charge is 0.393 e. The maximum absolute atomic E-state index is 9.43. The van der Waals surface area contributed by atoms with Gasteiger partial charge in [0.25, 0.3) is 0 Å². The van der Waals surface area contributed by atoms with Crippen LogP contribution >= 0.6 is 0 Å². The van der Waals surface area contributed by atoms with Gasteiger partial charge in [-0.1, -0.05) is 30.2 Å². The van der Waals surface area contributed by atoms with Gasteiger partial charge in [0.05, 0.1) is 12.7 Å². The Morgan fingerprint density at radius 1 is 1.12 bits per heavy atom. The van der Waals surface area contributed by atoms with Crippen LogP contribution in [0.4, 0.5) is 0 Å². The summed E-state index contributed by atoms with van der Waals surface area (Å²) in [5, 5.41) is 18.1. The molecule has 0 aromatic carbocycles. The predicted octanol–water partition coefficient (Wildman–Crippen LogP) is 3.20. The average Bonchev–Trinajstić information content (AvgIpc) is 2.26. The predicted molar refractivity (Wildman–Crippen MR) is 69.4 cm³/mol. The molecule has 0 aromatic rings. The van der Waals surface area contributed by atoms with Crippen molar-refractivity contribution in [2.75, 3.05) is 6.61 Å². The highest BCUT2D eigenvalue weighted by Crippen LogP contribution is 2.12. The zero-order valence-electron chi connectivity index (χ0n) is 10.9. The van der Waals surface area contributed by atoms with E-state index in [2.05, 4.69) is 13.0 Å². The number of hydrogen-bond donors (Lipinski definition) is 2. The van der Waals surface area contributed by atoms with Crippen LogP contribution in [0.1, 0.15) is 52.9 Å². The van der Waals surface area contributed by atoms with Crippen LogP contribution in [-0.4, -0.2) is 22.9 Å². The van der Waals surface area contributed by atoms with Gasteiger partial charge in [0, 0.05) is 0 Å². The molecule has 0 radical (unpaired) electrons. The maximum Gasteiger partial charge on any atom is 0.0614 e. The van der Waals surface area contributed by atoms with Gasteiger partial charge in [0.15, 0.2) is 0 Å². The van der Waals surface area contributed by atoms with E-state index in [4.69, 9.17) is 5.11 Å². The normalized spacial score (nSPS) is 15.3. The quantitative estimate of drug-likeness (QED) is 0.624. The molecule has 2 N–H and O–H groups in total. The topological polar surface area (TPSA) is 40.5 Å². The zero-order valence-corrected chi connectivity index (χ0v) is 10.9. The first-order chi connectivity index (χ1) is 7.60. The summed E-state index contributed by atoms with van der Waals surface area (Å²) < 4.78 is 0. The third kappa shape index (κ3) is 8.69. The minimum atomic E-state index is -0.153. The third-order valence-corrected chi connectivity index (χ3v) is 2.81. The van der Waals surface area contributed by atoms with E-state index in [-0.39, 0.29) is 12.7 Å². The van der Waals surface area contributed by atoms with Crippen LogP contribution in [0.2, 0.25) is 0 Å². The minimum absolute atomic E-state index is 0.136. The van der Waals surface area contributed by atoms with Gasteiger partial charge < -0.3 is 10.2 Å². The van der Waals surface area contributed by atoms with Crippen molar-refractivity contribution in [3.8, 4) is 0 Å². The zero-order chi connectivity index (χ0) is 12.4. The van der Waals surface area contributed by atoms with Gasteiger partial charge in [-0.3, -0.25) is 0 Å². The van der Waals surface area contributed by atoms with Crippen molar-refractivity contribution in [3.05, 3.63) is 23.3 Å². The van der Waals surface area contributed by atoms with Crippen LogP contribution in [0.15, 0.2) is 23.3 Å². The van der Waals surface area contributed by atoms with Gasteiger partial charge in [-0.2, -0.15) is 0 Å². The third-order valence-electron chi connectivity index (χ3n) is 2.81. The molecule has 0 saturated heterocycles. The van der Waals surface area contributed by atoms with E-state index in [1.165, 1.54) is 11.1 Å². The minimum Gasteiger partial charge on any atom is -0.393 e. The van der Waals surface area contributed by atoms with Crippen LogP contribution in [0.3, 0.4) is 0 Å². The summed E-state index contributed by atoms with van der Waals surface area (Å²) in [6, 6.07) is 0. The molecular formula is C14H26O2. The van der Waals surface area contributed by atoms with E-state index in [0.29, 0.717) is 0 Å². The van der Waals surface area contributed by atoms with Crippen LogP contribution in [0.25, 0.3) is 0 Å². The van der Waals surface area contributed by atoms with Gasteiger partial charge in [0.2, 0.25) is 0 Å². The number of allylic oxidation sites excluding steroid dienone is 3.